The summed E-state index contributed by atoms with van der Waals surface area (Å²) in [5.41, 5.74) is 1.26. The van der Waals surface area contributed by atoms with Crippen LogP contribution in [0.3, 0.4) is 0 Å². The Morgan fingerprint density at radius 2 is 1.96 bits per heavy atom. The monoisotopic (exact) mass is 374 g/mol. The molecular weight excluding hydrogens is 340 g/mol. The summed E-state index contributed by atoms with van der Waals surface area (Å²) in [6.45, 7) is 4.78. The van der Waals surface area contributed by atoms with Gasteiger partial charge in [0.25, 0.3) is 0 Å². The lowest BCUT2D eigenvalue weighted by atomic mass is 9.86. The Hall–Kier alpha value is -1.40. The zero-order valence-corrected chi connectivity index (χ0v) is 17.0. The van der Waals surface area contributed by atoms with Crippen molar-refractivity contribution in [3.8, 4) is 0 Å². The molecule has 1 spiro atoms. The van der Waals surface area contributed by atoms with Crippen molar-refractivity contribution in [2.45, 2.75) is 69.4 Å². The number of piperazine rings is 1. The minimum Gasteiger partial charge on any atom is -0.360 e. The van der Waals surface area contributed by atoms with Gasteiger partial charge in [-0.1, -0.05) is 24.4 Å². The van der Waals surface area contributed by atoms with Gasteiger partial charge in [-0.15, -0.1) is 0 Å². The second-order valence-corrected chi connectivity index (χ2v) is 8.97. The van der Waals surface area contributed by atoms with Gasteiger partial charge >= 0.3 is 0 Å². The Morgan fingerprint density at radius 1 is 1.15 bits per heavy atom. The van der Waals surface area contributed by atoms with Gasteiger partial charge in [0.1, 0.15) is 0 Å². The molecule has 3 aliphatic rings. The lowest BCUT2D eigenvalue weighted by Crippen LogP contribution is -2.60. The summed E-state index contributed by atoms with van der Waals surface area (Å²) in [5, 5.41) is 4.40. The van der Waals surface area contributed by atoms with Crippen molar-refractivity contribution in [3.05, 3.63) is 17.5 Å². The predicted octanol–water partition coefficient (Wildman–Crippen LogP) is 2.85. The number of aromatic nitrogens is 1. The molecule has 1 aromatic heterocycles. The number of carbonyl (C=O) groups is 1. The van der Waals surface area contributed by atoms with Crippen LogP contribution >= 0.6 is 0 Å². The second-order valence-electron chi connectivity index (χ2n) is 8.97. The first-order valence-electron chi connectivity index (χ1n) is 10.7. The zero-order valence-electron chi connectivity index (χ0n) is 17.0. The average molecular weight is 375 g/mol. The maximum absolute atomic E-state index is 12.1. The molecule has 3 fully saturated rings. The van der Waals surface area contributed by atoms with Crippen LogP contribution in [0.15, 0.2) is 10.6 Å². The van der Waals surface area contributed by atoms with Crippen molar-refractivity contribution in [1.82, 2.24) is 19.9 Å². The maximum atomic E-state index is 12.1. The molecule has 6 nitrogen and oxygen atoms in total. The number of nitrogens with zero attached hydrogens (tertiary/aromatic N) is 4. The van der Waals surface area contributed by atoms with Gasteiger partial charge in [0, 0.05) is 57.2 Å². The van der Waals surface area contributed by atoms with Gasteiger partial charge in [0.05, 0.1) is 12.2 Å². The highest BCUT2D eigenvalue weighted by molar-refractivity contribution is 5.76. The van der Waals surface area contributed by atoms with E-state index in [1.54, 1.807) is 0 Å². The summed E-state index contributed by atoms with van der Waals surface area (Å²) in [5.74, 6) is 1.88. The van der Waals surface area contributed by atoms with Crippen LogP contribution in [0.2, 0.25) is 0 Å². The largest absolute Gasteiger partial charge is 0.360 e. The van der Waals surface area contributed by atoms with Crippen molar-refractivity contribution in [2.24, 2.45) is 0 Å². The highest BCUT2D eigenvalue weighted by Gasteiger charge is 2.41. The summed E-state index contributed by atoms with van der Waals surface area (Å²) in [6, 6.07) is 2.20. The molecule has 150 valence electrons. The Bertz CT molecular complexity index is 654. The van der Waals surface area contributed by atoms with E-state index in [1.807, 2.05) is 11.9 Å². The molecular formula is C21H34N4O2. The number of hydrogen-bond donors (Lipinski definition) is 0. The summed E-state index contributed by atoms with van der Waals surface area (Å²) in [4.78, 5) is 19.0. The van der Waals surface area contributed by atoms with Crippen molar-refractivity contribution < 1.29 is 9.32 Å². The van der Waals surface area contributed by atoms with Crippen LogP contribution in [-0.4, -0.2) is 71.6 Å². The van der Waals surface area contributed by atoms with Gasteiger partial charge < -0.3 is 9.42 Å². The molecule has 0 radical (unpaired) electrons. The Kier molecular flexibility index (Phi) is 5.55. The third-order valence-electron chi connectivity index (χ3n) is 7.20. The van der Waals surface area contributed by atoms with Crippen LogP contribution in [0.25, 0.3) is 0 Å². The smallest absolute Gasteiger partial charge is 0.222 e. The molecule has 27 heavy (non-hydrogen) atoms. The van der Waals surface area contributed by atoms with Crippen molar-refractivity contribution in [3.63, 3.8) is 0 Å². The normalized spacial score (nSPS) is 29.4. The van der Waals surface area contributed by atoms with E-state index in [0.29, 0.717) is 12.3 Å². The van der Waals surface area contributed by atoms with Crippen LogP contribution in [0, 0.1) is 0 Å². The minimum atomic E-state index is 0.102. The second kappa shape index (κ2) is 7.92. The lowest BCUT2D eigenvalue weighted by molar-refractivity contribution is -0.129. The van der Waals surface area contributed by atoms with E-state index in [1.165, 1.54) is 32.1 Å². The third-order valence-corrected chi connectivity index (χ3v) is 7.20. The standard InChI is InChI=1S/C21H34N4O2/c1-23-11-10-21(9-8-20(23)26)16-25(13-12-24(21)2)15-18-14-19(22-27-18)17-6-4-3-5-7-17/h14,17H,3-13,15-16H2,1-2H3/t21-/m1/s1. The molecule has 1 aromatic rings. The molecule has 2 aliphatic heterocycles. The molecule has 0 N–H and O–H groups in total. The fourth-order valence-corrected chi connectivity index (χ4v) is 5.19. The number of likely N-dealkylation sites (N-methyl/N-ethyl adjacent to an activating group) is 1. The molecule has 1 atom stereocenters. The SMILES string of the molecule is CN1CC[C@]2(CCC1=O)CN(Cc1cc(C3CCCCC3)no1)CCN2C. The first kappa shape index (κ1) is 18.9. The molecule has 4 rings (SSSR count). The van der Waals surface area contributed by atoms with Crippen LogP contribution in [0.5, 0.6) is 0 Å². The van der Waals surface area contributed by atoms with Gasteiger partial charge in [-0.2, -0.15) is 0 Å². The van der Waals surface area contributed by atoms with Crippen LogP contribution < -0.4 is 0 Å². The van der Waals surface area contributed by atoms with Crippen LogP contribution in [0.1, 0.15) is 68.7 Å². The summed E-state index contributed by atoms with van der Waals surface area (Å²) < 4.78 is 5.71. The van der Waals surface area contributed by atoms with Gasteiger partial charge in [0.15, 0.2) is 5.76 Å². The molecule has 1 amide bonds. The fourth-order valence-electron chi connectivity index (χ4n) is 5.19. The number of amides is 1. The van der Waals surface area contributed by atoms with E-state index in [2.05, 4.69) is 28.1 Å². The number of hydrogen-bond acceptors (Lipinski definition) is 5. The van der Waals surface area contributed by atoms with Crippen LogP contribution in [-0.2, 0) is 11.3 Å². The van der Waals surface area contributed by atoms with E-state index in [9.17, 15) is 4.79 Å². The first-order valence-corrected chi connectivity index (χ1v) is 10.7. The molecule has 0 aromatic carbocycles. The highest BCUT2D eigenvalue weighted by Crippen LogP contribution is 2.34. The topological polar surface area (TPSA) is 52.8 Å². The molecule has 0 bridgehead atoms. The molecule has 2 saturated heterocycles. The molecule has 1 aliphatic carbocycles. The molecule has 3 heterocycles. The molecule has 0 unspecified atom stereocenters. The Balaban J connectivity index is 1.41. The molecule has 6 heteroatoms. The first-order chi connectivity index (χ1) is 13.1. The lowest BCUT2D eigenvalue weighted by Gasteiger charge is -2.49. The van der Waals surface area contributed by atoms with Crippen molar-refractivity contribution in [2.75, 3.05) is 40.3 Å². The quantitative estimate of drug-likeness (QED) is 0.814. The Morgan fingerprint density at radius 3 is 2.78 bits per heavy atom. The summed E-state index contributed by atoms with van der Waals surface area (Å²) in [6.07, 6.45) is 9.17. The molecule has 1 saturated carbocycles. The van der Waals surface area contributed by atoms with Gasteiger partial charge in [0.2, 0.25) is 5.91 Å². The summed E-state index contributed by atoms with van der Waals surface area (Å²) in [7, 11) is 4.16. The maximum Gasteiger partial charge on any atom is 0.222 e. The highest BCUT2D eigenvalue weighted by atomic mass is 16.5. The predicted molar refractivity (Wildman–Crippen MR) is 104 cm³/mol. The number of carbonyl (C=O) groups excluding carboxylic acids is 1. The van der Waals surface area contributed by atoms with E-state index in [4.69, 9.17) is 4.52 Å². The van der Waals surface area contributed by atoms with Crippen LogP contribution in [0.4, 0.5) is 0 Å². The van der Waals surface area contributed by atoms with E-state index in [-0.39, 0.29) is 11.4 Å². The fraction of sp³-hybridized carbons (Fsp3) is 0.810. The number of rotatable bonds is 3. The summed E-state index contributed by atoms with van der Waals surface area (Å²) >= 11 is 0. The van der Waals surface area contributed by atoms with E-state index < -0.39 is 0 Å². The van der Waals surface area contributed by atoms with Gasteiger partial charge in [-0.3, -0.25) is 14.6 Å². The Labute approximate surface area is 162 Å². The van der Waals surface area contributed by atoms with E-state index >= 15 is 0 Å². The zero-order chi connectivity index (χ0) is 18.9. The van der Waals surface area contributed by atoms with Crippen molar-refractivity contribution >= 4 is 5.91 Å². The number of likely N-dealkylation sites (tertiary alicyclic amines) is 1. The van der Waals surface area contributed by atoms with Gasteiger partial charge in [-0.25, -0.2) is 0 Å². The van der Waals surface area contributed by atoms with Crippen molar-refractivity contribution in [1.29, 1.82) is 0 Å². The average Bonchev–Trinajstić information content (AvgIpc) is 3.10. The minimum absolute atomic E-state index is 0.102. The van der Waals surface area contributed by atoms with E-state index in [0.717, 1.165) is 57.0 Å². The third kappa shape index (κ3) is 4.06. The van der Waals surface area contributed by atoms with Gasteiger partial charge in [-0.05, 0) is 32.7 Å².